The number of carboxylic acids is 1. The Morgan fingerprint density at radius 3 is 2.12 bits per heavy atom. The number of hydrogen-bond acceptors (Lipinski definition) is 3. The average Bonchev–Trinajstić information content (AvgIpc) is 2.29. The molecule has 0 aromatic heterocycles. The molecule has 1 aromatic carbocycles. The van der Waals surface area contributed by atoms with Crippen LogP contribution in [0.5, 0.6) is 0 Å². The van der Waals surface area contributed by atoms with Crippen LogP contribution in [-0.2, 0) is 20.6 Å². The number of benzene rings is 1. The lowest BCUT2D eigenvalue weighted by atomic mass is 10.1. The zero-order valence-corrected chi connectivity index (χ0v) is 9.67. The van der Waals surface area contributed by atoms with Crippen LogP contribution in [0.4, 0.5) is 8.78 Å². The molecule has 0 aliphatic rings. The summed E-state index contributed by atoms with van der Waals surface area (Å²) in [7, 11) is -3.47. The Bertz CT molecular complexity index is 520. The molecule has 94 valence electrons. The Morgan fingerprint density at radius 1 is 1.29 bits per heavy atom. The van der Waals surface area contributed by atoms with Gasteiger partial charge in [-0.05, 0) is 12.1 Å². The lowest BCUT2D eigenvalue weighted by Crippen LogP contribution is -2.25. The largest absolute Gasteiger partial charge is 0.477 e. The van der Waals surface area contributed by atoms with Crippen LogP contribution >= 0.6 is 0 Å². The van der Waals surface area contributed by atoms with Gasteiger partial charge >= 0.3 is 11.9 Å². The molecule has 0 aliphatic carbocycles. The van der Waals surface area contributed by atoms with Crippen molar-refractivity contribution in [2.75, 3.05) is 5.75 Å². The van der Waals surface area contributed by atoms with Gasteiger partial charge in [-0.15, -0.1) is 0 Å². The standard InChI is InChI=1S/C10H10F2O4S/c1-2-17(15,16)8-5-3-7(4-6-8)10(11,12)9(13)14/h3-6H,2H2,1H3,(H,13,14). The molecule has 7 heteroatoms. The Hall–Kier alpha value is -1.50. The zero-order chi connectivity index (χ0) is 13.3. The van der Waals surface area contributed by atoms with Crippen LogP contribution in [0.3, 0.4) is 0 Å². The number of alkyl halides is 2. The molecule has 0 atom stereocenters. The number of halogens is 2. The van der Waals surface area contributed by atoms with Crippen molar-refractivity contribution in [2.45, 2.75) is 17.7 Å². The third-order valence-corrected chi connectivity index (χ3v) is 3.98. The molecular weight excluding hydrogens is 254 g/mol. The van der Waals surface area contributed by atoms with Crippen LogP contribution in [0.15, 0.2) is 29.2 Å². The molecule has 0 radical (unpaired) electrons. The normalized spacial score (nSPS) is 12.4. The summed E-state index contributed by atoms with van der Waals surface area (Å²) in [5.41, 5.74) is -0.750. The number of hydrogen-bond donors (Lipinski definition) is 1. The lowest BCUT2D eigenvalue weighted by Gasteiger charge is -2.11. The van der Waals surface area contributed by atoms with Crippen LogP contribution in [0, 0.1) is 0 Å². The van der Waals surface area contributed by atoms with E-state index in [0.29, 0.717) is 0 Å². The fourth-order valence-electron chi connectivity index (χ4n) is 1.16. The average molecular weight is 264 g/mol. The molecule has 0 bridgehead atoms. The van der Waals surface area contributed by atoms with E-state index >= 15 is 0 Å². The minimum absolute atomic E-state index is 0.107. The SMILES string of the molecule is CCS(=O)(=O)c1ccc(C(F)(F)C(=O)O)cc1. The first-order chi connectivity index (χ1) is 7.71. The highest BCUT2D eigenvalue weighted by molar-refractivity contribution is 7.91. The van der Waals surface area contributed by atoms with Crippen LogP contribution in [-0.4, -0.2) is 25.2 Å². The topological polar surface area (TPSA) is 71.4 Å². The Balaban J connectivity index is 3.18. The zero-order valence-electron chi connectivity index (χ0n) is 8.85. The molecule has 1 rings (SSSR count). The van der Waals surface area contributed by atoms with E-state index in [2.05, 4.69) is 0 Å². The molecule has 0 fully saturated rings. The van der Waals surface area contributed by atoms with Crippen LogP contribution < -0.4 is 0 Å². The van der Waals surface area contributed by atoms with Gasteiger partial charge in [-0.3, -0.25) is 0 Å². The molecule has 0 saturated carbocycles. The fraction of sp³-hybridized carbons (Fsp3) is 0.300. The Kier molecular flexibility index (Phi) is 3.51. The smallest absolute Gasteiger partial charge is 0.379 e. The van der Waals surface area contributed by atoms with E-state index in [0.717, 1.165) is 24.3 Å². The van der Waals surface area contributed by atoms with Crippen molar-refractivity contribution < 1.29 is 27.1 Å². The monoisotopic (exact) mass is 264 g/mol. The molecule has 0 aliphatic heterocycles. The van der Waals surface area contributed by atoms with E-state index in [-0.39, 0.29) is 10.6 Å². The summed E-state index contributed by atoms with van der Waals surface area (Å²) in [6, 6.07) is 3.56. The predicted molar refractivity (Wildman–Crippen MR) is 55.7 cm³/mol. The number of rotatable bonds is 4. The van der Waals surface area contributed by atoms with Crippen LogP contribution in [0.2, 0.25) is 0 Å². The highest BCUT2D eigenvalue weighted by Crippen LogP contribution is 2.28. The van der Waals surface area contributed by atoms with Gasteiger partial charge in [0, 0.05) is 5.56 Å². The summed E-state index contributed by atoms with van der Waals surface area (Å²) < 4.78 is 48.9. The van der Waals surface area contributed by atoms with Gasteiger partial charge in [0.05, 0.1) is 10.6 Å². The highest BCUT2D eigenvalue weighted by atomic mass is 32.2. The minimum atomic E-state index is -4.02. The number of aliphatic carboxylic acids is 1. The van der Waals surface area contributed by atoms with Crippen molar-refractivity contribution >= 4 is 15.8 Å². The van der Waals surface area contributed by atoms with Gasteiger partial charge < -0.3 is 5.11 Å². The van der Waals surface area contributed by atoms with Crippen LogP contribution in [0.1, 0.15) is 12.5 Å². The van der Waals surface area contributed by atoms with E-state index in [1.165, 1.54) is 6.92 Å². The highest BCUT2D eigenvalue weighted by Gasteiger charge is 2.40. The van der Waals surface area contributed by atoms with Crippen molar-refractivity contribution in [1.82, 2.24) is 0 Å². The van der Waals surface area contributed by atoms with Crippen molar-refractivity contribution in [2.24, 2.45) is 0 Å². The lowest BCUT2D eigenvalue weighted by molar-refractivity contribution is -0.166. The van der Waals surface area contributed by atoms with Crippen LogP contribution in [0.25, 0.3) is 0 Å². The molecule has 1 aromatic rings. The molecular formula is C10H10F2O4S. The van der Waals surface area contributed by atoms with E-state index in [1.807, 2.05) is 0 Å². The Labute approximate surface area is 96.8 Å². The molecule has 0 saturated heterocycles. The number of sulfone groups is 1. The van der Waals surface area contributed by atoms with Gasteiger partial charge in [0.1, 0.15) is 0 Å². The third-order valence-electron chi connectivity index (χ3n) is 2.22. The van der Waals surface area contributed by atoms with E-state index in [9.17, 15) is 22.0 Å². The fourth-order valence-corrected chi connectivity index (χ4v) is 2.05. The van der Waals surface area contributed by atoms with Gasteiger partial charge in [-0.25, -0.2) is 13.2 Å². The molecule has 0 unspecified atom stereocenters. The number of carboxylic acid groups (broad SMARTS) is 1. The quantitative estimate of drug-likeness (QED) is 0.897. The van der Waals surface area contributed by atoms with Gasteiger partial charge in [0.25, 0.3) is 0 Å². The van der Waals surface area contributed by atoms with Gasteiger partial charge in [0.2, 0.25) is 0 Å². The first-order valence-electron chi connectivity index (χ1n) is 4.66. The van der Waals surface area contributed by atoms with Gasteiger partial charge in [-0.2, -0.15) is 8.78 Å². The molecule has 0 spiro atoms. The number of carbonyl (C=O) groups is 1. The maximum Gasteiger partial charge on any atom is 0.379 e. The summed E-state index contributed by atoms with van der Waals surface area (Å²) in [4.78, 5) is 10.2. The van der Waals surface area contributed by atoms with Crippen molar-refractivity contribution in [3.63, 3.8) is 0 Å². The van der Waals surface area contributed by atoms with Crippen molar-refractivity contribution in [1.29, 1.82) is 0 Å². The van der Waals surface area contributed by atoms with E-state index < -0.39 is 27.3 Å². The summed E-state index contributed by atoms with van der Waals surface area (Å²) in [5.74, 6) is -6.44. The second kappa shape index (κ2) is 4.40. The van der Waals surface area contributed by atoms with Gasteiger partial charge in [-0.1, -0.05) is 19.1 Å². The molecule has 0 amide bonds. The molecule has 0 heterocycles. The maximum atomic E-state index is 13.0. The maximum absolute atomic E-state index is 13.0. The van der Waals surface area contributed by atoms with Crippen molar-refractivity contribution in [3.05, 3.63) is 29.8 Å². The van der Waals surface area contributed by atoms with E-state index in [1.54, 1.807) is 0 Å². The first-order valence-corrected chi connectivity index (χ1v) is 6.31. The van der Waals surface area contributed by atoms with Gasteiger partial charge in [0.15, 0.2) is 9.84 Å². The Morgan fingerprint density at radius 2 is 1.76 bits per heavy atom. The predicted octanol–water partition coefficient (Wildman–Crippen LogP) is 1.66. The second-order valence-electron chi connectivity index (χ2n) is 3.31. The first kappa shape index (κ1) is 13.6. The third kappa shape index (κ3) is 2.60. The summed E-state index contributed by atoms with van der Waals surface area (Å²) in [6.07, 6.45) is 0. The van der Waals surface area contributed by atoms with E-state index in [4.69, 9.17) is 5.11 Å². The molecule has 1 N–H and O–H groups in total. The second-order valence-corrected chi connectivity index (χ2v) is 5.59. The summed E-state index contributed by atoms with van der Waals surface area (Å²) >= 11 is 0. The molecule has 17 heavy (non-hydrogen) atoms. The summed E-state index contributed by atoms with van der Waals surface area (Å²) in [6.45, 7) is 1.43. The molecule has 4 nitrogen and oxygen atoms in total. The minimum Gasteiger partial charge on any atom is -0.477 e. The summed E-state index contributed by atoms with van der Waals surface area (Å²) in [5, 5.41) is 8.30. The van der Waals surface area contributed by atoms with Crippen molar-refractivity contribution in [3.8, 4) is 0 Å².